The Hall–Kier alpha value is -1.91. The highest BCUT2D eigenvalue weighted by Gasteiger charge is 2.43. The molecule has 104 valence electrons. The minimum Gasteiger partial charge on any atom is -0.480 e. The summed E-state index contributed by atoms with van der Waals surface area (Å²) < 4.78 is 18.0. The fourth-order valence-electron chi connectivity index (χ4n) is 1.74. The highest BCUT2D eigenvalue weighted by molar-refractivity contribution is 5.99. The molecule has 0 saturated heterocycles. The molecular formula is C14H17FO4. The highest BCUT2D eigenvalue weighted by Crippen LogP contribution is 2.27. The summed E-state index contributed by atoms with van der Waals surface area (Å²) in [6.45, 7) is 4.73. The first-order valence-corrected chi connectivity index (χ1v) is 5.97. The Morgan fingerprint density at radius 1 is 1.42 bits per heavy atom. The number of carbonyl (C=O) groups is 2. The lowest BCUT2D eigenvalue weighted by Crippen LogP contribution is -2.40. The van der Waals surface area contributed by atoms with Crippen LogP contribution in [0.4, 0.5) is 4.39 Å². The van der Waals surface area contributed by atoms with Gasteiger partial charge in [0.25, 0.3) is 0 Å². The van der Waals surface area contributed by atoms with Crippen LogP contribution >= 0.6 is 0 Å². The molecule has 1 N–H and O–H groups in total. The van der Waals surface area contributed by atoms with E-state index in [1.165, 1.54) is 19.1 Å². The molecule has 5 heteroatoms. The van der Waals surface area contributed by atoms with E-state index in [1.807, 2.05) is 0 Å². The minimum absolute atomic E-state index is 0.101. The van der Waals surface area contributed by atoms with Gasteiger partial charge in [-0.3, -0.25) is 9.59 Å². The van der Waals surface area contributed by atoms with E-state index in [0.29, 0.717) is 5.56 Å². The van der Waals surface area contributed by atoms with E-state index in [0.717, 1.165) is 5.56 Å². The van der Waals surface area contributed by atoms with Gasteiger partial charge in [-0.05, 0) is 50.5 Å². The maximum absolute atomic E-state index is 13.2. The minimum atomic E-state index is -1.71. The van der Waals surface area contributed by atoms with E-state index in [-0.39, 0.29) is 13.0 Å². The summed E-state index contributed by atoms with van der Waals surface area (Å²) in [4.78, 5) is 23.2. The summed E-state index contributed by atoms with van der Waals surface area (Å²) in [7, 11) is 0. The summed E-state index contributed by atoms with van der Waals surface area (Å²) in [6.07, 6.45) is -0.106. The molecule has 1 unspecified atom stereocenters. The first-order valence-electron chi connectivity index (χ1n) is 5.97. The summed E-state index contributed by atoms with van der Waals surface area (Å²) in [5.41, 5.74) is -0.495. The van der Waals surface area contributed by atoms with Crippen molar-refractivity contribution in [2.24, 2.45) is 5.41 Å². The molecule has 1 atom stereocenters. The molecule has 0 aliphatic heterocycles. The lowest BCUT2D eigenvalue weighted by molar-refractivity contribution is -0.167. The molecular weight excluding hydrogens is 251 g/mol. The highest BCUT2D eigenvalue weighted by atomic mass is 19.1. The number of hydrogen-bond donors (Lipinski definition) is 1. The third-order valence-corrected chi connectivity index (χ3v) is 3.05. The quantitative estimate of drug-likeness (QED) is 0.657. The zero-order valence-corrected chi connectivity index (χ0v) is 11.2. The average Bonchev–Trinajstić information content (AvgIpc) is 2.33. The zero-order chi connectivity index (χ0) is 14.6. The molecule has 0 fully saturated rings. The van der Waals surface area contributed by atoms with Gasteiger partial charge in [-0.1, -0.05) is 6.07 Å². The van der Waals surface area contributed by atoms with Gasteiger partial charge in [0.05, 0.1) is 6.61 Å². The Bertz CT molecular complexity index is 498. The molecule has 1 aromatic carbocycles. The van der Waals surface area contributed by atoms with Crippen LogP contribution in [0.5, 0.6) is 0 Å². The number of aliphatic carboxylic acids is 1. The van der Waals surface area contributed by atoms with Gasteiger partial charge in [0.15, 0.2) is 5.41 Å². The molecule has 1 rings (SSSR count). The van der Waals surface area contributed by atoms with Gasteiger partial charge in [-0.25, -0.2) is 4.39 Å². The van der Waals surface area contributed by atoms with Crippen molar-refractivity contribution in [2.45, 2.75) is 27.2 Å². The van der Waals surface area contributed by atoms with Gasteiger partial charge in [-0.2, -0.15) is 0 Å². The fraction of sp³-hybridized carbons (Fsp3) is 0.429. The van der Waals surface area contributed by atoms with Gasteiger partial charge >= 0.3 is 11.9 Å². The first kappa shape index (κ1) is 15.1. The molecule has 0 spiro atoms. The summed E-state index contributed by atoms with van der Waals surface area (Å²) in [5.74, 6) is -2.56. The molecule has 19 heavy (non-hydrogen) atoms. The maximum Gasteiger partial charge on any atom is 0.323 e. The lowest BCUT2D eigenvalue weighted by Gasteiger charge is -2.23. The van der Waals surface area contributed by atoms with Crippen molar-refractivity contribution < 1.29 is 23.8 Å². The van der Waals surface area contributed by atoms with Crippen LogP contribution < -0.4 is 0 Å². The molecule has 0 aliphatic rings. The van der Waals surface area contributed by atoms with Crippen LogP contribution in [-0.2, 0) is 20.7 Å². The van der Waals surface area contributed by atoms with Crippen molar-refractivity contribution in [1.29, 1.82) is 0 Å². The number of esters is 1. The monoisotopic (exact) mass is 268 g/mol. The normalized spacial score (nSPS) is 13.7. The Balaban J connectivity index is 3.12. The van der Waals surface area contributed by atoms with Crippen molar-refractivity contribution in [2.75, 3.05) is 6.61 Å². The summed E-state index contributed by atoms with van der Waals surface area (Å²) in [5, 5.41) is 9.26. The molecule has 0 radical (unpaired) electrons. The van der Waals surface area contributed by atoms with Crippen LogP contribution in [0.15, 0.2) is 18.2 Å². The molecule has 1 aromatic rings. The number of carbonyl (C=O) groups excluding carboxylic acids is 1. The van der Waals surface area contributed by atoms with Crippen LogP contribution in [0, 0.1) is 18.2 Å². The third kappa shape index (κ3) is 3.30. The predicted molar refractivity (Wildman–Crippen MR) is 67.2 cm³/mol. The first-order chi connectivity index (χ1) is 8.81. The van der Waals surface area contributed by atoms with Crippen molar-refractivity contribution in [3.63, 3.8) is 0 Å². The van der Waals surface area contributed by atoms with E-state index in [1.54, 1.807) is 19.9 Å². The Morgan fingerprint density at radius 3 is 2.58 bits per heavy atom. The van der Waals surface area contributed by atoms with Gasteiger partial charge in [-0.15, -0.1) is 0 Å². The van der Waals surface area contributed by atoms with Crippen molar-refractivity contribution in [1.82, 2.24) is 0 Å². The fourth-order valence-corrected chi connectivity index (χ4v) is 1.74. The second-order valence-electron chi connectivity index (χ2n) is 4.61. The Morgan fingerprint density at radius 2 is 2.05 bits per heavy atom. The van der Waals surface area contributed by atoms with Crippen LogP contribution in [-0.4, -0.2) is 23.7 Å². The number of hydrogen-bond acceptors (Lipinski definition) is 3. The SMILES string of the molecule is CCOC(=O)C(C)(Cc1cc(F)ccc1C)C(=O)O. The zero-order valence-electron chi connectivity index (χ0n) is 11.2. The van der Waals surface area contributed by atoms with Crippen LogP contribution in [0.3, 0.4) is 0 Å². The second-order valence-corrected chi connectivity index (χ2v) is 4.61. The summed E-state index contributed by atoms with van der Waals surface area (Å²) >= 11 is 0. The number of rotatable bonds is 5. The van der Waals surface area contributed by atoms with Crippen molar-refractivity contribution in [3.05, 3.63) is 35.1 Å². The number of aryl methyl sites for hydroxylation is 1. The number of carboxylic acid groups (broad SMARTS) is 1. The number of halogens is 1. The maximum atomic E-state index is 13.2. The van der Waals surface area contributed by atoms with Crippen molar-refractivity contribution >= 4 is 11.9 Å². The van der Waals surface area contributed by atoms with E-state index in [2.05, 4.69) is 0 Å². The molecule has 0 aliphatic carbocycles. The van der Waals surface area contributed by atoms with Crippen LogP contribution in [0.2, 0.25) is 0 Å². The third-order valence-electron chi connectivity index (χ3n) is 3.05. The standard InChI is InChI=1S/C14H17FO4/c1-4-19-13(18)14(3,12(16)17)8-10-7-11(15)6-5-9(10)2/h5-7H,4,8H2,1-3H3,(H,16,17). The number of carboxylic acids is 1. The molecule has 0 saturated carbocycles. The number of benzene rings is 1. The smallest absolute Gasteiger partial charge is 0.323 e. The molecule has 0 aromatic heterocycles. The van der Waals surface area contributed by atoms with Crippen LogP contribution in [0.25, 0.3) is 0 Å². The Kier molecular flexibility index (Phi) is 4.64. The average molecular weight is 268 g/mol. The van der Waals surface area contributed by atoms with Gasteiger partial charge < -0.3 is 9.84 Å². The molecule has 0 bridgehead atoms. The van der Waals surface area contributed by atoms with Crippen molar-refractivity contribution in [3.8, 4) is 0 Å². The van der Waals surface area contributed by atoms with Gasteiger partial charge in [0, 0.05) is 0 Å². The van der Waals surface area contributed by atoms with Gasteiger partial charge in [0.2, 0.25) is 0 Å². The topological polar surface area (TPSA) is 63.6 Å². The molecule has 4 nitrogen and oxygen atoms in total. The van der Waals surface area contributed by atoms with E-state index in [9.17, 15) is 19.1 Å². The molecule has 0 amide bonds. The molecule has 0 heterocycles. The van der Waals surface area contributed by atoms with E-state index < -0.39 is 23.2 Å². The largest absolute Gasteiger partial charge is 0.480 e. The Labute approximate surface area is 111 Å². The predicted octanol–water partition coefficient (Wildman–Crippen LogP) is 2.33. The number of ether oxygens (including phenoxy) is 1. The van der Waals surface area contributed by atoms with E-state index >= 15 is 0 Å². The lowest BCUT2D eigenvalue weighted by atomic mass is 9.82. The van der Waals surface area contributed by atoms with E-state index in [4.69, 9.17) is 4.74 Å². The van der Waals surface area contributed by atoms with Crippen LogP contribution in [0.1, 0.15) is 25.0 Å². The summed E-state index contributed by atoms with van der Waals surface area (Å²) in [6, 6.07) is 4.09. The van der Waals surface area contributed by atoms with Gasteiger partial charge in [0.1, 0.15) is 5.82 Å². The second kappa shape index (κ2) is 5.82.